The van der Waals surface area contributed by atoms with Crippen molar-refractivity contribution in [3.8, 4) is 5.69 Å². The van der Waals surface area contributed by atoms with Crippen molar-refractivity contribution in [3.05, 3.63) is 75.6 Å². The van der Waals surface area contributed by atoms with Gasteiger partial charge in [0.2, 0.25) is 0 Å². The van der Waals surface area contributed by atoms with Gasteiger partial charge in [-0.15, -0.1) is 0 Å². The summed E-state index contributed by atoms with van der Waals surface area (Å²) in [4.78, 5) is 23.7. The quantitative estimate of drug-likeness (QED) is 0.529. The summed E-state index contributed by atoms with van der Waals surface area (Å²) in [5, 5.41) is 4.77. The Morgan fingerprint density at radius 1 is 1.11 bits per heavy atom. The normalized spacial score (nSPS) is 16.3. The summed E-state index contributed by atoms with van der Waals surface area (Å²) in [6.07, 6.45) is 4.08. The van der Waals surface area contributed by atoms with Crippen molar-refractivity contribution < 1.29 is 0 Å². The van der Waals surface area contributed by atoms with E-state index >= 15 is 0 Å². The molecule has 2 N–H and O–H groups in total. The highest BCUT2D eigenvalue weighted by molar-refractivity contribution is 9.10. The lowest BCUT2D eigenvalue weighted by Crippen LogP contribution is -2.45. The molecule has 28 heavy (non-hydrogen) atoms. The maximum Gasteiger partial charge on any atom is 0.282 e. The van der Waals surface area contributed by atoms with Crippen LogP contribution >= 0.6 is 15.9 Å². The lowest BCUT2D eigenvalue weighted by atomic mass is 10.0. The summed E-state index contributed by atoms with van der Waals surface area (Å²) in [5.74, 6) is 1.74. The minimum atomic E-state index is -0.106. The van der Waals surface area contributed by atoms with Crippen LogP contribution in [-0.4, -0.2) is 30.7 Å². The maximum atomic E-state index is 13.2. The van der Waals surface area contributed by atoms with E-state index in [2.05, 4.69) is 30.8 Å². The molecule has 1 aliphatic heterocycles. The van der Waals surface area contributed by atoms with Crippen LogP contribution in [0.4, 0.5) is 11.6 Å². The summed E-state index contributed by atoms with van der Waals surface area (Å²) in [6.45, 7) is 0.786. The monoisotopic (exact) mass is 437 g/mol. The van der Waals surface area contributed by atoms with Crippen LogP contribution in [-0.2, 0) is 0 Å². The van der Waals surface area contributed by atoms with Crippen LogP contribution in [0.2, 0.25) is 0 Å². The number of hydrogen-bond donors (Lipinski definition) is 1. The van der Waals surface area contributed by atoms with Crippen LogP contribution in [0, 0.1) is 0 Å². The fraction of sp³-hybridized carbons (Fsp3) is 0.158. The molecule has 0 amide bonds. The molecule has 0 bridgehead atoms. The van der Waals surface area contributed by atoms with Crippen molar-refractivity contribution in [3.63, 3.8) is 0 Å². The molecular weight excluding hydrogens is 422 g/mol. The van der Waals surface area contributed by atoms with Crippen LogP contribution in [0.5, 0.6) is 0 Å². The molecule has 1 saturated heterocycles. The third-order valence-electron chi connectivity index (χ3n) is 4.99. The Morgan fingerprint density at radius 3 is 2.68 bits per heavy atom. The summed E-state index contributed by atoms with van der Waals surface area (Å²) < 4.78 is 3.97. The number of nitrogen functional groups attached to an aromatic ring is 1. The predicted octanol–water partition coefficient (Wildman–Crippen LogP) is 2.57. The number of benzene rings is 1. The third-order valence-corrected chi connectivity index (χ3v) is 5.75. The number of nitrogens with two attached hydrogens (primary N) is 1. The second-order valence-electron chi connectivity index (χ2n) is 6.57. The third kappa shape index (κ3) is 2.50. The first-order valence-corrected chi connectivity index (χ1v) is 9.63. The van der Waals surface area contributed by atoms with E-state index in [4.69, 9.17) is 10.8 Å². The molecular formula is C19H16BrN7O. The van der Waals surface area contributed by atoms with Crippen molar-refractivity contribution >= 4 is 33.1 Å². The molecule has 3 aromatic heterocycles. The summed E-state index contributed by atoms with van der Waals surface area (Å²) in [5.41, 5.74) is 7.14. The average molecular weight is 438 g/mol. The minimum Gasteiger partial charge on any atom is -0.383 e. The fourth-order valence-corrected chi connectivity index (χ4v) is 3.96. The number of aromatic nitrogens is 5. The largest absolute Gasteiger partial charge is 0.383 e. The molecule has 0 saturated carbocycles. The van der Waals surface area contributed by atoms with Gasteiger partial charge in [0.1, 0.15) is 28.0 Å². The molecule has 1 aromatic carbocycles. The first kappa shape index (κ1) is 16.9. The fourth-order valence-electron chi connectivity index (χ4n) is 3.53. The molecule has 1 unspecified atom stereocenters. The van der Waals surface area contributed by atoms with E-state index < -0.39 is 0 Å². The summed E-state index contributed by atoms with van der Waals surface area (Å²) >= 11 is 3.48. The zero-order chi connectivity index (χ0) is 19.3. The molecule has 4 heterocycles. The van der Waals surface area contributed by atoms with Crippen molar-refractivity contribution in [2.45, 2.75) is 12.5 Å². The van der Waals surface area contributed by atoms with Gasteiger partial charge in [-0.2, -0.15) is 5.10 Å². The van der Waals surface area contributed by atoms with E-state index in [-0.39, 0.29) is 11.6 Å². The number of nitrogens with zero attached hydrogens (tertiary/aromatic N) is 6. The Kier molecular flexibility index (Phi) is 3.90. The van der Waals surface area contributed by atoms with Crippen molar-refractivity contribution in [2.75, 3.05) is 17.2 Å². The molecule has 9 heteroatoms. The number of hydrogen-bond acceptors (Lipinski definition) is 6. The first-order chi connectivity index (χ1) is 13.6. The summed E-state index contributed by atoms with van der Waals surface area (Å²) in [6, 6.07) is 13.1. The molecule has 8 nitrogen and oxygen atoms in total. The van der Waals surface area contributed by atoms with Gasteiger partial charge in [-0.05, 0) is 46.6 Å². The second kappa shape index (κ2) is 6.45. The SMILES string of the molecule is Nc1ncnc(N2CCC2c2nn3cccc3c(=O)n2-c2ccccc2)c1Br. The number of halogens is 1. The van der Waals surface area contributed by atoms with Gasteiger partial charge >= 0.3 is 0 Å². The van der Waals surface area contributed by atoms with Crippen LogP contribution in [0.25, 0.3) is 11.2 Å². The van der Waals surface area contributed by atoms with Crippen molar-refractivity contribution in [1.29, 1.82) is 0 Å². The van der Waals surface area contributed by atoms with E-state index in [0.717, 1.165) is 18.7 Å². The molecule has 5 rings (SSSR count). The van der Waals surface area contributed by atoms with Gasteiger partial charge < -0.3 is 10.6 Å². The van der Waals surface area contributed by atoms with Crippen LogP contribution in [0.15, 0.2) is 64.3 Å². The molecule has 1 atom stereocenters. The molecule has 0 radical (unpaired) electrons. The first-order valence-electron chi connectivity index (χ1n) is 8.83. The Morgan fingerprint density at radius 2 is 1.93 bits per heavy atom. The smallest absolute Gasteiger partial charge is 0.282 e. The van der Waals surface area contributed by atoms with Gasteiger partial charge in [-0.3, -0.25) is 9.36 Å². The lowest BCUT2D eigenvalue weighted by molar-refractivity contribution is 0.422. The predicted molar refractivity (Wildman–Crippen MR) is 110 cm³/mol. The van der Waals surface area contributed by atoms with Crippen LogP contribution < -0.4 is 16.2 Å². The molecule has 1 fully saturated rings. The molecule has 1 aliphatic rings. The zero-order valence-corrected chi connectivity index (χ0v) is 16.3. The summed E-state index contributed by atoms with van der Waals surface area (Å²) in [7, 11) is 0. The van der Waals surface area contributed by atoms with Gasteiger partial charge in [0.15, 0.2) is 5.82 Å². The van der Waals surface area contributed by atoms with E-state index in [1.165, 1.54) is 6.33 Å². The van der Waals surface area contributed by atoms with Crippen molar-refractivity contribution in [2.24, 2.45) is 0 Å². The Balaban J connectivity index is 1.70. The van der Waals surface area contributed by atoms with Crippen LogP contribution in [0.3, 0.4) is 0 Å². The Hall–Kier alpha value is -3.20. The second-order valence-corrected chi connectivity index (χ2v) is 7.36. The van der Waals surface area contributed by atoms with E-state index in [1.54, 1.807) is 21.3 Å². The van der Waals surface area contributed by atoms with Gasteiger partial charge in [0.05, 0.1) is 11.7 Å². The highest BCUT2D eigenvalue weighted by Gasteiger charge is 2.36. The zero-order valence-electron chi connectivity index (χ0n) is 14.7. The topological polar surface area (TPSA) is 94.3 Å². The highest BCUT2D eigenvalue weighted by Crippen LogP contribution is 2.40. The van der Waals surface area contributed by atoms with E-state index in [9.17, 15) is 4.79 Å². The Labute approximate surface area is 168 Å². The van der Waals surface area contributed by atoms with E-state index in [1.807, 2.05) is 36.4 Å². The number of para-hydroxylation sites is 1. The molecule has 4 aromatic rings. The van der Waals surface area contributed by atoms with Gasteiger partial charge in [-0.1, -0.05) is 18.2 Å². The molecule has 140 valence electrons. The Bertz CT molecular complexity index is 1230. The highest BCUT2D eigenvalue weighted by atomic mass is 79.9. The van der Waals surface area contributed by atoms with Gasteiger partial charge in [-0.25, -0.2) is 14.5 Å². The number of fused-ring (bicyclic) bond motifs is 1. The van der Waals surface area contributed by atoms with Gasteiger partial charge in [0.25, 0.3) is 5.56 Å². The van der Waals surface area contributed by atoms with Crippen molar-refractivity contribution in [1.82, 2.24) is 24.1 Å². The van der Waals surface area contributed by atoms with Crippen LogP contribution in [0.1, 0.15) is 18.3 Å². The standard InChI is InChI=1S/C19H16BrN7O/c20-15-16(21)22-11-23-18(15)25-10-8-13(25)17-24-26-9-4-7-14(26)19(28)27(17)12-5-2-1-3-6-12/h1-7,9,11,13H,8,10H2,(H2,21,22,23). The molecule has 0 spiro atoms. The van der Waals surface area contributed by atoms with Gasteiger partial charge in [0, 0.05) is 12.7 Å². The maximum absolute atomic E-state index is 13.2. The van der Waals surface area contributed by atoms with E-state index in [0.29, 0.717) is 27.4 Å². The lowest BCUT2D eigenvalue weighted by Gasteiger charge is -2.42. The minimum absolute atomic E-state index is 0.102. The average Bonchev–Trinajstić information content (AvgIpc) is 3.14. The molecule has 0 aliphatic carbocycles. The number of anilines is 2. The number of rotatable bonds is 3.